The standard InChI is InChI=1S/C4H8Cl2S/c1-7(5,6)4-2-3-4/h4H,2-3H2,1H3. The van der Waals surface area contributed by atoms with Crippen LogP contribution in [0.4, 0.5) is 0 Å². The van der Waals surface area contributed by atoms with Crippen LogP contribution in [-0.2, 0) is 0 Å². The van der Waals surface area contributed by atoms with Crippen molar-refractivity contribution in [2.45, 2.75) is 18.1 Å². The summed E-state index contributed by atoms with van der Waals surface area (Å²) >= 11 is 0. The van der Waals surface area contributed by atoms with Crippen LogP contribution in [0.5, 0.6) is 0 Å². The highest BCUT2D eigenvalue weighted by Crippen LogP contribution is 2.66. The fourth-order valence-electron chi connectivity index (χ4n) is 0.482. The van der Waals surface area contributed by atoms with Crippen molar-refractivity contribution in [3.8, 4) is 0 Å². The van der Waals surface area contributed by atoms with Gasteiger partial charge in [-0.25, -0.2) is 0 Å². The molecule has 0 saturated heterocycles. The van der Waals surface area contributed by atoms with Gasteiger partial charge in [0.15, 0.2) is 0 Å². The molecule has 0 aromatic heterocycles. The lowest BCUT2D eigenvalue weighted by atomic mass is 11.0. The highest BCUT2D eigenvalue weighted by molar-refractivity contribution is 8.66. The maximum absolute atomic E-state index is 5.78. The minimum absolute atomic E-state index is 0.663. The van der Waals surface area contributed by atoms with E-state index in [4.69, 9.17) is 21.4 Å². The molecule has 0 aromatic rings. The number of rotatable bonds is 1. The largest absolute Gasteiger partial charge is 0.0844 e. The molecule has 0 atom stereocenters. The summed E-state index contributed by atoms with van der Waals surface area (Å²) in [5, 5.41) is 0.663. The first-order valence-corrected chi connectivity index (χ1v) is 6.03. The van der Waals surface area contributed by atoms with E-state index >= 15 is 0 Å². The second-order valence-electron chi connectivity index (χ2n) is 1.98. The second kappa shape index (κ2) is 1.71. The third kappa shape index (κ3) is 1.71. The van der Waals surface area contributed by atoms with Crippen molar-refractivity contribution < 1.29 is 0 Å². The van der Waals surface area contributed by atoms with Gasteiger partial charge in [-0.2, -0.15) is 0 Å². The van der Waals surface area contributed by atoms with Gasteiger partial charge < -0.3 is 0 Å². The fraction of sp³-hybridized carbons (Fsp3) is 1.00. The lowest BCUT2D eigenvalue weighted by Crippen LogP contribution is -1.82. The van der Waals surface area contributed by atoms with Crippen LogP contribution in [0.15, 0.2) is 0 Å². The fourth-order valence-corrected chi connectivity index (χ4v) is 2.51. The maximum atomic E-state index is 5.78. The van der Waals surface area contributed by atoms with Gasteiger partial charge in [-0.1, -0.05) is 29.8 Å². The molecule has 3 heteroatoms. The Balaban J connectivity index is 2.36. The molecule has 1 rings (SSSR count). The molecule has 0 unspecified atom stereocenters. The van der Waals surface area contributed by atoms with Gasteiger partial charge in [-0.05, 0) is 19.1 Å². The third-order valence-electron chi connectivity index (χ3n) is 1.11. The Morgan fingerprint density at radius 2 is 1.86 bits per heavy atom. The molecule has 0 spiro atoms. The molecule has 0 nitrogen and oxygen atoms in total. The molecule has 1 aliphatic carbocycles. The summed E-state index contributed by atoms with van der Waals surface area (Å²) in [4.78, 5) is 0. The van der Waals surface area contributed by atoms with E-state index < -0.39 is 8.46 Å². The number of hydrogen-bond acceptors (Lipinski definition) is 0. The molecule has 0 bridgehead atoms. The summed E-state index contributed by atoms with van der Waals surface area (Å²) in [6, 6.07) is 0. The first kappa shape index (κ1) is 6.06. The van der Waals surface area contributed by atoms with Crippen LogP contribution in [0.25, 0.3) is 0 Å². The molecule has 0 N–H and O–H groups in total. The molecule has 7 heavy (non-hydrogen) atoms. The third-order valence-corrected chi connectivity index (χ3v) is 4.26. The van der Waals surface area contributed by atoms with Gasteiger partial charge in [-0.3, -0.25) is 0 Å². The zero-order valence-electron chi connectivity index (χ0n) is 4.16. The molecule has 0 radical (unpaired) electrons. The van der Waals surface area contributed by atoms with E-state index in [0.29, 0.717) is 5.25 Å². The van der Waals surface area contributed by atoms with Crippen LogP contribution in [0, 0.1) is 0 Å². The van der Waals surface area contributed by atoms with Crippen molar-refractivity contribution in [3.63, 3.8) is 0 Å². The quantitative estimate of drug-likeness (QED) is 0.551. The Hall–Kier alpha value is 0.930. The second-order valence-corrected chi connectivity index (χ2v) is 8.53. The molecule has 0 aliphatic heterocycles. The smallest absolute Gasteiger partial charge is 0.0142 e. The molecular formula is C4H8Cl2S. The lowest BCUT2D eigenvalue weighted by Gasteiger charge is -2.15. The Labute approximate surface area is 54.5 Å². The maximum Gasteiger partial charge on any atom is 0.0142 e. The van der Waals surface area contributed by atoms with E-state index in [9.17, 15) is 0 Å². The normalized spacial score (nSPS) is 25.0. The number of halogens is 2. The average Bonchev–Trinajstić information content (AvgIpc) is 1.99. The van der Waals surface area contributed by atoms with E-state index in [1.54, 1.807) is 0 Å². The van der Waals surface area contributed by atoms with Crippen molar-refractivity contribution in [1.82, 2.24) is 0 Å². The predicted octanol–water partition coefficient (Wildman–Crippen LogP) is 2.89. The summed E-state index contributed by atoms with van der Waals surface area (Å²) in [5.74, 6) is 0. The molecule has 1 saturated carbocycles. The van der Waals surface area contributed by atoms with Crippen LogP contribution >= 0.6 is 29.8 Å². The SMILES string of the molecule is CS(Cl)(Cl)C1CC1. The lowest BCUT2D eigenvalue weighted by molar-refractivity contribution is 1.50. The van der Waals surface area contributed by atoms with Gasteiger partial charge in [0.1, 0.15) is 0 Å². The molecule has 0 heterocycles. The van der Waals surface area contributed by atoms with E-state index in [2.05, 4.69) is 0 Å². The van der Waals surface area contributed by atoms with Gasteiger partial charge >= 0.3 is 0 Å². The summed E-state index contributed by atoms with van der Waals surface area (Å²) in [6.45, 7) is 0. The zero-order chi connectivity index (χ0) is 5.49. The van der Waals surface area contributed by atoms with Crippen LogP contribution < -0.4 is 0 Å². The topological polar surface area (TPSA) is 0 Å². The summed E-state index contributed by atoms with van der Waals surface area (Å²) in [6.07, 6.45) is 4.44. The molecule has 1 fully saturated rings. The Bertz CT molecular complexity index is 72.2. The Morgan fingerprint density at radius 3 is 1.86 bits per heavy atom. The first-order chi connectivity index (χ1) is 3.11. The Morgan fingerprint density at radius 1 is 1.43 bits per heavy atom. The minimum atomic E-state index is -1.19. The van der Waals surface area contributed by atoms with Crippen LogP contribution in [0.1, 0.15) is 12.8 Å². The Kier molecular flexibility index (Phi) is 1.48. The van der Waals surface area contributed by atoms with Crippen molar-refractivity contribution in [1.29, 1.82) is 0 Å². The number of hydrogen-bond donors (Lipinski definition) is 0. The van der Waals surface area contributed by atoms with Gasteiger partial charge in [0.2, 0.25) is 0 Å². The highest BCUT2D eigenvalue weighted by atomic mass is 36.0. The van der Waals surface area contributed by atoms with Gasteiger partial charge in [0.25, 0.3) is 0 Å². The molecule has 1 aliphatic rings. The van der Waals surface area contributed by atoms with E-state index in [1.807, 2.05) is 6.26 Å². The van der Waals surface area contributed by atoms with Crippen LogP contribution in [0.3, 0.4) is 0 Å². The van der Waals surface area contributed by atoms with E-state index in [-0.39, 0.29) is 0 Å². The van der Waals surface area contributed by atoms with Crippen LogP contribution in [-0.4, -0.2) is 11.5 Å². The van der Waals surface area contributed by atoms with Gasteiger partial charge in [0.05, 0.1) is 0 Å². The molecule has 44 valence electrons. The monoisotopic (exact) mass is 158 g/mol. The first-order valence-electron chi connectivity index (χ1n) is 2.27. The zero-order valence-corrected chi connectivity index (χ0v) is 6.48. The van der Waals surface area contributed by atoms with Crippen molar-refractivity contribution in [3.05, 3.63) is 0 Å². The predicted molar refractivity (Wildman–Crippen MR) is 38.2 cm³/mol. The van der Waals surface area contributed by atoms with Gasteiger partial charge in [0, 0.05) is 5.25 Å². The van der Waals surface area contributed by atoms with Crippen LogP contribution in [0.2, 0.25) is 0 Å². The van der Waals surface area contributed by atoms with Crippen molar-refractivity contribution in [2.24, 2.45) is 0 Å². The van der Waals surface area contributed by atoms with E-state index in [0.717, 1.165) is 0 Å². The molecular weight excluding hydrogens is 151 g/mol. The van der Waals surface area contributed by atoms with Crippen molar-refractivity contribution >= 4 is 29.8 Å². The molecule has 0 amide bonds. The molecule has 0 aromatic carbocycles. The average molecular weight is 159 g/mol. The summed E-state index contributed by atoms with van der Waals surface area (Å²) in [5.41, 5.74) is 0. The minimum Gasteiger partial charge on any atom is -0.0844 e. The van der Waals surface area contributed by atoms with Crippen molar-refractivity contribution in [2.75, 3.05) is 6.26 Å². The summed E-state index contributed by atoms with van der Waals surface area (Å²) < 4.78 is 0. The van der Waals surface area contributed by atoms with Gasteiger partial charge in [-0.15, -0.1) is 0 Å². The van der Waals surface area contributed by atoms with E-state index in [1.165, 1.54) is 12.8 Å². The highest BCUT2D eigenvalue weighted by Gasteiger charge is 2.34. The summed E-state index contributed by atoms with van der Waals surface area (Å²) in [7, 11) is 10.4.